The SMILES string of the molecule is COc1ccc(CN2CCN(S(=O)(=O)c3ccc4ccccc4c3)CC2)cc1OCc1ccccc1.O=C(O)C(=O)O. The Morgan fingerprint density at radius 2 is 1.38 bits per heavy atom. The summed E-state index contributed by atoms with van der Waals surface area (Å²) in [6.07, 6.45) is 0. The van der Waals surface area contributed by atoms with Crippen LogP contribution in [0.5, 0.6) is 11.5 Å². The van der Waals surface area contributed by atoms with Crippen LogP contribution in [0, 0.1) is 0 Å². The molecule has 10 nitrogen and oxygen atoms in total. The molecule has 4 aromatic rings. The largest absolute Gasteiger partial charge is 0.493 e. The standard InChI is InChI=1S/C29H30N2O4S.C2H2O4/c1-34-28-14-11-24(19-29(28)35-22-23-7-3-2-4-8-23)21-30-15-17-31(18-16-30)36(32,33)27-13-12-25-9-5-6-10-26(25)20-27;3-1(4)2(5)6/h2-14,19-20H,15-18,21-22H2,1H3;(H,3,4)(H,5,6). The number of sulfonamides is 1. The molecule has 1 heterocycles. The van der Waals surface area contributed by atoms with Gasteiger partial charge in [0.1, 0.15) is 6.61 Å². The first-order chi connectivity index (χ1) is 20.2. The Morgan fingerprint density at radius 1 is 0.738 bits per heavy atom. The lowest BCUT2D eigenvalue weighted by Crippen LogP contribution is -2.48. The number of fused-ring (bicyclic) bond motifs is 1. The van der Waals surface area contributed by atoms with Crippen LogP contribution >= 0.6 is 0 Å². The van der Waals surface area contributed by atoms with Gasteiger partial charge in [-0.25, -0.2) is 18.0 Å². The zero-order valence-electron chi connectivity index (χ0n) is 23.0. The van der Waals surface area contributed by atoms with E-state index in [-0.39, 0.29) is 0 Å². The number of aliphatic carboxylic acids is 2. The number of carbonyl (C=O) groups is 2. The Morgan fingerprint density at radius 3 is 2.02 bits per heavy atom. The third-order valence-corrected chi connectivity index (χ3v) is 8.64. The third-order valence-electron chi connectivity index (χ3n) is 6.74. The van der Waals surface area contributed by atoms with E-state index in [0.29, 0.717) is 49.2 Å². The molecule has 1 fully saturated rings. The topological polar surface area (TPSA) is 134 Å². The average Bonchev–Trinajstić information content (AvgIpc) is 3.01. The van der Waals surface area contributed by atoms with Gasteiger partial charge in [-0.1, -0.05) is 66.7 Å². The Bertz CT molecular complexity index is 1620. The van der Waals surface area contributed by atoms with Gasteiger partial charge in [-0.15, -0.1) is 0 Å². The van der Waals surface area contributed by atoms with E-state index in [1.165, 1.54) is 0 Å². The molecule has 42 heavy (non-hydrogen) atoms. The van der Waals surface area contributed by atoms with Crippen molar-refractivity contribution in [2.75, 3.05) is 33.3 Å². The van der Waals surface area contributed by atoms with Crippen molar-refractivity contribution in [3.05, 3.63) is 102 Å². The minimum absolute atomic E-state index is 0.352. The molecular formula is C31H32N2O8S. The summed E-state index contributed by atoms with van der Waals surface area (Å²) < 4.78 is 39.7. The molecule has 0 aromatic heterocycles. The third kappa shape index (κ3) is 7.84. The number of methoxy groups -OCH3 is 1. The molecule has 0 unspecified atom stereocenters. The lowest BCUT2D eigenvalue weighted by molar-refractivity contribution is -0.159. The number of piperazine rings is 1. The van der Waals surface area contributed by atoms with E-state index in [4.69, 9.17) is 29.3 Å². The molecule has 2 N–H and O–H groups in total. The second kappa shape index (κ2) is 13.9. The summed E-state index contributed by atoms with van der Waals surface area (Å²) in [5, 5.41) is 16.7. The van der Waals surface area contributed by atoms with Crippen molar-refractivity contribution in [2.24, 2.45) is 0 Å². The molecule has 4 aromatic carbocycles. The number of benzene rings is 4. The van der Waals surface area contributed by atoms with Gasteiger partial charge < -0.3 is 19.7 Å². The van der Waals surface area contributed by atoms with Crippen molar-refractivity contribution in [3.63, 3.8) is 0 Å². The van der Waals surface area contributed by atoms with Gasteiger partial charge in [0.15, 0.2) is 11.5 Å². The van der Waals surface area contributed by atoms with E-state index < -0.39 is 22.0 Å². The molecule has 1 saturated heterocycles. The van der Waals surface area contributed by atoms with Gasteiger partial charge in [0.25, 0.3) is 0 Å². The Balaban J connectivity index is 0.000000612. The molecule has 0 aliphatic carbocycles. The molecule has 1 aliphatic rings. The number of ether oxygens (including phenoxy) is 2. The Labute approximate surface area is 244 Å². The first-order valence-electron chi connectivity index (χ1n) is 13.2. The molecule has 0 atom stereocenters. The van der Waals surface area contributed by atoms with Crippen molar-refractivity contribution < 1.29 is 37.7 Å². The van der Waals surface area contributed by atoms with Gasteiger partial charge in [-0.2, -0.15) is 4.31 Å². The highest BCUT2D eigenvalue weighted by molar-refractivity contribution is 7.89. The van der Waals surface area contributed by atoms with Crippen LogP contribution in [0.4, 0.5) is 0 Å². The van der Waals surface area contributed by atoms with Crippen molar-refractivity contribution in [2.45, 2.75) is 18.0 Å². The van der Waals surface area contributed by atoms with Crippen molar-refractivity contribution in [1.29, 1.82) is 0 Å². The van der Waals surface area contributed by atoms with Crippen LogP contribution in [-0.4, -0.2) is 73.1 Å². The van der Waals surface area contributed by atoms with Crippen LogP contribution in [0.25, 0.3) is 10.8 Å². The minimum Gasteiger partial charge on any atom is -0.493 e. The fourth-order valence-corrected chi connectivity index (χ4v) is 5.99. The normalized spacial score (nSPS) is 14.0. The zero-order valence-corrected chi connectivity index (χ0v) is 23.9. The molecule has 0 bridgehead atoms. The number of rotatable bonds is 8. The molecule has 220 valence electrons. The van der Waals surface area contributed by atoms with E-state index in [1.807, 2.05) is 78.9 Å². The van der Waals surface area contributed by atoms with E-state index in [2.05, 4.69) is 4.90 Å². The highest BCUT2D eigenvalue weighted by Crippen LogP contribution is 2.30. The molecule has 11 heteroatoms. The number of hydrogen-bond donors (Lipinski definition) is 2. The monoisotopic (exact) mass is 592 g/mol. The van der Waals surface area contributed by atoms with Crippen molar-refractivity contribution >= 4 is 32.7 Å². The summed E-state index contributed by atoms with van der Waals surface area (Å²) in [5.74, 6) is -2.25. The Hall–Kier alpha value is -4.45. The summed E-state index contributed by atoms with van der Waals surface area (Å²) in [5.41, 5.74) is 2.19. The lowest BCUT2D eigenvalue weighted by atomic mass is 10.1. The fourth-order valence-electron chi connectivity index (χ4n) is 4.53. The smallest absolute Gasteiger partial charge is 0.414 e. The van der Waals surface area contributed by atoms with Gasteiger partial charge in [-0.3, -0.25) is 4.90 Å². The van der Waals surface area contributed by atoms with Gasteiger partial charge in [0.2, 0.25) is 10.0 Å². The van der Waals surface area contributed by atoms with Crippen LogP contribution in [0.15, 0.2) is 95.9 Å². The van der Waals surface area contributed by atoms with Gasteiger partial charge >= 0.3 is 11.9 Å². The average molecular weight is 593 g/mol. The van der Waals surface area contributed by atoms with Crippen LogP contribution in [0.2, 0.25) is 0 Å². The highest BCUT2D eigenvalue weighted by Gasteiger charge is 2.28. The maximum atomic E-state index is 13.3. The van der Waals surface area contributed by atoms with Gasteiger partial charge in [-0.05, 0) is 46.2 Å². The molecule has 0 radical (unpaired) electrons. The van der Waals surface area contributed by atoms with E-state index >= 15 is 0 Å². The fraction of sp³-hybridized carbons (Fsp3) is 0.226. The predicted molar refractivity (Wildman–Crippen MR) is 157 cm³/mol. The molecule has 0 saturated carbocycles. The molecule has 0 spiro atoms. The molecule has 1 aliphatic heterocycles. The van der Waals surface area contributed by atoms with Crippen molar-refractivity contribution in [1.82, 2.24) is 9.21 Å². The van der Waals surface area contributed by atoms with Crippen LogP contribution in [0.1, 0.15) is 11.1 Å². The maximum Gasteiger partial charge on any atom is 0.414 e. The lowest BCUT2D eigenvalue weighted by Gasteiger charge is -2.34. The molecule has 0 amide bonds. The minimum atomic E-state index is -3.53. The second-order valence-corrected chi connectivity index (χ2v) is 11.5. The number of nitrogens with zero attached hydrogens (tertiary/aromatic N) is 2. The molecular weight excluding hydrogens is 560 g/mol. The summed E-state index contributed by atoms with van der Waals surface area (Å²) in [6.45, 7) is 3.44. The first kappa shape index (κ1) is 30.5. The number of carboxylic acid groups (broad SMARTS) is 2. The van der Waals surface area contributed by atoms with E-state index in [0.717, 1.165) is 28.4 Å². The summed E-state index contributed by atoms with van der Waals surface area (Å²) in [7, 11) is -1.89. The van der Waals surface area contributed by atoms with E-state index in [1.54, 1.807) is 23.5 Å². The van der Waals surface area contributed by atoms with Crippen molar-refractivity contribution in [3.8, 4) is 11.5 Å². The zero-order chi connectivity index (χ0) is 30.1. The maximum absolute atomic E-state index is 13.3. The van der Waals surface area contributed by atoms with Crippen LogP contribution in [-0.2, 0) is 32.8 Å². The highest BCUT2D eigenvalue weighted by atomic mass is 32.2. The second-order valence-electron chi connectivity index (χ2n) is 9.56. The van der Waals surface area contributed by atoms with E-state index in [9.17, 15) is 8.42 Å². The van der Waals surface area contributed by atoms with Gasteiger partial charge in [0.05, 0.1) is 12.0 Å². The Kier molecular flexibility index (Phi) is 10.1. The summed E-state index contributed by atoms with van der Waals surface area (Å²) >= 11 is 0. The molecule has 5 rings (SSSR count). The van der Waals surface area contributed by atoms with Gasteiger partial charge in [0, 0.05) is 32.7 Å². The summed E-state index contributed by atoms with van der Waals surface area (Å²) in [6, 6.07) is 29.2. The van der Waals surface area contributed by atoms with Crippen LogP contribution < -0.4 is 9.47 Å². The summed E-state index contributed by atoms with van der Waals surface area (Å²) in [4.78, 5) is 20.8. The number of hydrogen-bond acceptors (Lipinski definition) is 7. The first-order valence-corrected chi connectivity index (χ1v) is 14.6. The predicted octanol–water partition coefficient (Wildman–Crippen LogP) is 4.09. The quantitative estimate of drug-likeness (QED) is 0.290. The van der Waals surface area contributed by atoms with Crippen LogP contribution in [0.3, 0.4) is 0 Å². The number of carboxylic acids is 2.